The van der Waals surface area contributed by atoms with Gasteiger partial charge in [-0.1, -0.05) is 35.9 Å². The topological polar surface area (TPSA) is 75.3 Å². The molecule has 172 valence electrons. The number of methoxy groups -OCH3 is 1. The molecule has 1 atom stereocenters. The van der Waals surface area contributed by atoms with Crippen LogP contribution in [0.5, 0.6) is 5.75 Å². The third-order valence-corrected chi connectivity index (χ3v) is 6.27. The minimum atomic E-state index is -0.207. The summed E-state index contributed by atoms with van der Waals surface area (Å²) in [6.07, 6.45) is 4.57. The van der Waals surface area contributed by atoms with E-state index in [0.29, 0.717) is 22.3 Å². The van der Waals surface area contributed by atoms with Crippen molar-refractivity contribution >= 4 is 29.0 Å². The molecule has 7 heteroatoms. The zero-order valence-corrected chi connectivity index (χ0v) is 19.4. The molecule has 1 saturated heterocycles. The van der Waals surface area contributed by atoms with Gasteiger partial charge in [0.15, 0.2) is 0 Å². The summed E-state index contributed by atoms with van der Waals surface area (Å²) in [5.41, 5.74) is 2.64. The Morgan fingerprint density at radius 3 is 2.58 bits per heavy atom. The maximum absolute atomic E-state index is 13.1. The van der Waals surface area contributed by atoms with E-state index in [2.05, 4.69) is 33.1 Å². The first-order valence-electron chi connectivity index (χ1n) is 11.2. The molecule has 0 saturated carbocycles. The van der Waals surface area contributed by atoms with Crippen LogP contribution in [0.25, 0.3) is 0 Å². The zero-order chi connectivity index (χ0) is 23.0. The van der Waals surface area contributed by atoms with E-state index in [-0.39, 0.29) is 11.9 Å². The van der Waals surface area contributed by atoms with E-state index < -0.39 is 0 Å². The van der Waals surface area contributed by atoms with Crippen molar-refractivity contribution in [3.8, 4) is 5.75 Å². The zero-order valence-electron chi connectivity index (χ0n) is 18.7. The molecule has 1 aliphatic rings. The lowest BCUT2D eigenvalue weighted by Crippen LogP contribution is -2.39. The summed E-state index contributed by atoms with van der Waals surface area (Å²) >= 11 is 5.91. The van der Waals surface area contributed by atoms with Crippen molar-refractivity contribution in [3.63, 3.8) is 0 Å². The molecule has 3 aromatic rings. The fraction of sp³-hybridized carbons (Fsp3) is 0.308. The Balaban J connectivity index is 1.54. The number of hydrogen-bond donors (Lipinski definition) is 3. The standard InChI is InChI=1S/C26H29ClN4O2/c1-33-21-9-6-18(7-10-21)16-24(19-12-14-28-15-13-19)30-23-5-3-2-4-22(23)26(32)31-25-11-8-20(27)17-29-25/h2-11,17,19,24,28,30H,12-16H2,1H3,(H,29,31,32). The van der Waals surface area contributed by atoms with E-state index in [1.807, 2.05) is 36.4 Å². The Kier molecular flexibility index (Phi) is 7.81. The van der Waals surface area contributed by atoms with Crippen LogP contribution in [-0.4, -0.2) is 37.1 Å². The number of hydrogen-bond acceptors (Lipinski definition) is 5. The molecule has 1 aliphatic heterocycles. The van der Waals surface area contributed by atoms with Crippen molar-refractivity contribution in [2.24, 2.45) is 5.92 Å². The molecule has 0 spiro atoms. The Hall–Kier alpha value is -3.09. The number of pyridine rings is 1. The number of ether oxygens (including phenoxy) is 1. The first-order chi connectivity index (χ1) is 16.1. The number of benzene rings is 2. The van der Waals surface area contributed by atoms with Gasteiger partial charge in [-0.15, -0.1) is 0 Å². The predicted octanol–water partition coefficient (Wildman–Crippen LogP) is 5.02. The number of nitrogens with one attached hydrogen (secondary N) is 3. The third-order valence-electron chi connectivity index (χ3n) is 6.05. The molecular formula is C26H29ClN4O2. The number of nitrogens with zero attached hydrogens (tertiary/aromatic N) is 1. The number of rotatable bonds is 8. The predicted molar refractivity (Wildman–Crippen MR) is 133 cm³/mol. The Morgan fingerprint density at radius 2 is 1.88 bits per heavy atom. The molecule has 2 aromatic carbocycles. The lowest BCUT2D eigenvalue weighted by Gasteiger charge is -2.33. The maximum atomic E-state index is 13.1. The highest BCUT2D eigenvalue weighted by atomic mass is 35.5. The van der Waals surface area contributed by atoms with Crippen LogP contribution >= 0.6 is 11.6 Å². The molecule has 1 unspecified atom stereocenters. The van der Waals surface area contributed by atoms with E-state index in [1.165, 1.54) is 11.8 Å². The fourth-order valence-electron chi connectivity index (χ4n) is 4.24. The number of anilines is 2. The minimum Gasteiger partial charge on any atom is -0.497 e. The number of aromatic nitrogens is 1. The van der Waals surface area contributed by atoms with Gasteiger partial charge in [-0.05, 0) is 80.2 Å². The van der Waals surface area contributed by atoms with E-state index in [9.17, 15) is 4.79 Å². The molecular weight excluding hydrogens is 436 g/mol. The summed E-state index contributed by atoms with van der Waals surface area (Å²) in [5.74, 6) is 1.61. The summed E-state index contributed by atoms with van der Waals surface area (Å²) < 4.78 is 5.30. The van der Waals surface area contributed by atoms with Gasteiger partial charge in [-0.2, -0.15) is 0 Å². The Bertz CT molecular complexity index is 1050. The summed E-state index contributed by atoms with van der Waals surface area (Å²) in [6.45, 7) is 2.02. The number of carbonyl (C=O) groups excluding carboxylic acids is 1. The van der Waals surface area contributed by atoms with Gasteiger partial charge in [0.1, 0.15) is 11.6 Å². The number of amides is 1. The van der Waals surface area contributed by atoms with E-state index in [1.54, 1.807) is 19.2 Å². The fourth-order valence-corrected chi connectivity index (χ4v) is 4.35. The molecule has 0 radical (unpaired) electrons. The first-order valence-corrected chi connectivity index (χ1v) is 11.6. The molecule has 1 aromatic heterocycles. The highest BCUT2D eigenvalue weighted by molar-refractivity contribution is 6.30. The normalized spacial score (nSPS) is 15.0. The molecule has 4 rings (SSSR count). The highest BCUT2D eigenvalue weighted by Gasteiger charge is 2.25. The van der Waals surface area contributed by atoms with Gasteiger partial charge >= 0.3 is 0 Å². The van der Waals surface area contributed by atoms with Crippen LogP contribution in [0.1, 0.15) is 28.8 Å². The van der Waals surface area contributed by atoms with Gasteiger partial charge in [-0.25, -0.2) is 4.98 Å². The molecule has 0 bridgehead atoms. The van der Waals surface area contributed by atoms with Gasteiger partial charge < -0.3 is 20.7 Å². The van der Waals surface area contributed by atoms with Crippen LogP contribution < -0.4 is 20.7 Å². The van der Waals surface area contributed by atoms with Crippen molar-refractivity contribution < 1.29 is 9.53 Å². The smallest absolute Gasteiger partial charge is 0.258 e. The molecule has 1 fully saturated rings. The SMILES string of the molecule is COc1ccc(CC(Nc2ccccc2C(=O)Nc2ccc(Cl)cn2)C2CCNCC2)cc1. The van der Waals surface area contributed by atoms with Crippen molar-refractivity contribution in [3.05, 3.63) is 83.0 Å². The van der Waals surface area contributed by atoms with Gasteiger partial charge in [0.05, 0.1) is 17.7 Å². The lowest BCUT2D eigenvalue weighted by molar-refractivity contribution is 0.102. The average Bonchev–Trinajstić information content (AvgIpc) is 2.86. The number of piperidine rings is 1. The van der Waals surface area contributed by atoms with Crippen LogP contribution in [0.4, 0.5) is 11.5 Å². The molecule has 1 amide bonds. The monoisotopic (exact) mass is 464 g/mol. The second-order valence-corrected chi connectivity index (χ2v) is 8.69. The van der Waals surface area contributed by atoms with E-state index in [0.717, 1.165) is 43.8 Å². The van der Waals surface area contributed by atoms with Crippen molar-refractivity contribution in [1.29, 1.82) is 0 Å². The maximum Gasteiger partial charge on any atom is 0.258 e. The van der Waals surface area contributed by atoms with E-state index in [4.69, 9.17) is 16.3 Å². The second-order valence-electron chi connectivity index (χ2n) is 8.25. The molecule has 0 aliphatic carbocycles. The quantitative estimate of drug-likeness (QED) is 0.436. The molecule has 33 heavy (non-hydrogen) atoms. The molecule has 3 N–H and O–H groups in total. The Morgan fingerprint density at radius 1 is 1.12 bits per heavy atom. The molecule has 2 heterocycles. The highest BCUT2D eigenvalue weighted by Crippen LogP contribution is 2.26. The van der Waals surface area contributed by atoms with Gasteiger partial charge in [0, 0.05) is 17.9 Å². The summed E-state index contributed by atoms with van der Waals surface area (Å²) in [7, 11) is 1.68. The summed E-state index contributed by atoms with van der Waals surface area (Å²) in [6, 6.07) is 19.4. The molecule has 6 nitrogen and oxygen atoms in total. The van der Waals surface area contributed by atoms with Gasteiger partial charge in [0.2, 0.25) is 0 Å². The largest absolute Gasteiger partial charge is 0.497 e. The first kappa shape index (κ1) is 23.1. The van der Waals surface area contributed by atoms with Crippen molar-refractivity contribution in [2.75, 3.05) is 30.8 Å². The number of para-hydroxylation sites is 1. The van der Waals surface area contributed by atoms with Crippen LogP contribution in [0.3, 0.4) is 0 Å². The van der Waals surface area contributed by atoms with Crippen molar-refractivity contribution in [1.82, 2.24) is 10.3 Å². The third kappa shape index (κ3) is 6.24. The average molecular weight is 465 g/mol. The summed E-state index contributed by atoms with van der Waals surface area (Å²) in [5, 5.41) is 10.6. The van der Waals surface area contributed by atoms with Crippen LogP contribution in [0, 0.1) is 5.92 Å². The van der Waals surface area contributed by atoms with Crippen LogP contribution in [-0.2, 0) is 6.42 Å². The van der Waals surface area contributed by atoms with Gasteiger partial charge in [-0.3, -0.25) is 4.79 Å². The van der Waals surface area contributed by atoms with E-state index >= 15 is 0 Å². The van der Waals surface area contributed by atoms with Crippen LogP contribution in [0.2, 0.25) is 5.02 Å². The van der Waals surface area contributed by atoms with Gasteiger partial charge in [0.25, 0.3) is 5.91 Å². The lowest BCUT2D eigenvalue weighted by atomic mass is 9.86. The number of halogens is 1. The summed E-state index contributed by atoms with van der Waals surface area (Å²) in [4.78, 5) is 17.2. The minimum absolute atomic E-state index is 0.197. The van der Waals surface area contributed by atoms with Crippen LogP contribution in [0.15, 0.2) is 66.9 Å². The second kappa shape index (κ2) is 11.2. The van der Waals surface area contributed by atoms with Crippen molar-refractivity contribution in [2.45, 2.75) is 25.3 Å². The number of carbonyl (C=O) groups is 1. The Labute approximate surface area is 199 Å².